The largest absolute Gasteiger partial charge is 0.354 e. The lowest BCUT2D eigenvalue weighted by atomic mass is 10.3. The number of carbonyl (C=O) groups is 1. The number of nitrogens with one attached hydrogen (secondary N) is 1. The summed E-state index contributed by atoms with van der Waals surface area (Å²) in [6, 6.07) is 0. The van der Waals surface area contributed by atoms with E-state index in [1.807, 2.05) is 18.4 Å². The van der Waals surface area contributed by atoms with Crippen LogP contribution in [0.5, 0.6) is 0 Å². The maximum absolute atomic E-state index is 10.7. The number of piperazine rings is 1. The normalized spacial score (nSPS) is 21.7. The van der Waals surface area contributed by atoms with E-state index in [1.165, 1.54) is 0 Å². The molecule has 1 aliphatic heterocycles. The van der Waals surface area contributed by atoms with E-state index in [2.05, 4.69) is 5.32 Å². The maximum atomic E-state index is 10.7. The number of hydrogen-bond donors (Lipinski definition) is 1. The Balaban J connectivity index is 2.32. The van der Waals surface area contributed by atoms with E-state index >= 15 is 0 Å². The van der Waals surface area contributed by atoms with E-state index in [1.54, 1.807) is 0 Å². The summed E-state index contributed by atoms with van der Waals surface area (Å²) < 4.78 is 0. The SMILES string of the molecule is C[CH]N1CCNC(=O)C1. The predicted molar refractivity (Wildman–Crippen MR) is 34.6 cm³/mol. The maximum Gasteiger partial charge on any atom is 0.234 e. The summed E-state index contributed by atoms with van der Waals surface area (Å²) in [5.41, 5.74) is 0. The lowest BCUT2D eigenvalue weighted by molar-refractivity contribution is -0.123. The van der Waals surface area contributed by atoms with Gasteiger partial charge in [0.25, 0.3) is 0 Å². The van der Waals surface area contributed by atoms with Gasteiger partial charge in [-0.05, 0) is 6.92 Å². The third kappa shape index (κ3) is 1.68. The van der Waals surface area contributed by atoms with Gasteiger partial charge in [0.05, 0.1) is 6.54 Å². The Morgan fingerprint density at radius 2 is 2.56 bits per heavy atom. The molecule has 1 saturated heterocycles. The molecule has 1 N–H and O–H groups in total. The van der Waals surface area contributed by atoms with Crippen LogP contribution < -0.4 is 5.32 Å². The number of rotatable bonds is 1. The molecule has 1 heterocycles. The Bertz CT molecular complexity index is 114. The van der Waals surface area contributed by atoms with Crippen LogP contribution in [0.4, 0.5) is 0 Å². The zero-order valence-electron chi connectivity index (χ0n) is 5.55. The molecule has 1 amide bonds. The fourth-order valence-electron chi connectivity index (χ4n) is 0.879. The van der Waals surface area contributed by atoms with E-state index in [0.717, 1.165) is 13.1 Å². The quantitative estimate of drug-likeness (QED) is 0.520. The number of amides is 1. The van der Waals surface area contributed by atoms with Crippen LogP contribution >= 0.6 is 0 Å². The van der Waals surface area contributed by atoms with Gasteiger partial charge in [-0.25, -0.2) is 0 Å². The number of carbonyl (C=O) groups excluding carboxylic acids is 1. The van der Waals surface area contributed by atoms with Gasteiger partial charge in [-0.1, -0.05) is 0 Å². The summed E-state index contributed by atoms with van der Waals surface area (Å²) in [6.45, 7) is 6.14. The molecule has 1 fully saturated rings. The van der Waals surface area contributed by atoms with E-state index in [-0.39, 0.29) is 5.91 Å². The molecule has 1 radical (unpaired) electrons. The molecule has 1 rings (SSSR count). The van der Waals surface area contributed by atoms with Crippen molar-refractivity contribution in [3.8, 4) is 0 Å². The third-order valence-corrected chi connectivity index (χ3v) is 1.43. The van der Waals surface area contributed by atoms with Crippen molar-refractivity contribution in [1.82, 2.24) is 10.2 Å². The van der Waals surface area contributed by atoms with E-state index < -0.39 is 0 Å². The second-order valence-electron chi connectivity index (χ2n) is 2.08. The van der Waals surface area contributed by atoms with Crippen LogP contribution in [-0.4, -0.2) is 30.4 Å². The van der Waals surface area contributed by atoms with Gasteiger partial charge in [0.1, 0.15) is 0 Å². The van der Waals surface area contributed by atoms with Crippen molar-refractivity contribution in [2.24, 2.45) is 0 Å². The van der Waals surface area contributed by atoms with Crippen LogP contribution in [0.15, 0.2) is 0 Å². The van der Waals surface area contributed by atoms with Crippen LogP contribution in [0.1, 0.15) is 6.92 Å². The molecule has 9 heavy (non-hydrogen) atoms. The first-order valence-electron chi connectivity index (χ1n) is 3.13. The number of nitrogens with zero attached hydrogens (tertiary/aromatic N) is 1. The molecule has 51 valence electrons. The molecule has 0 saturated carbocycles. The zero-order chi connectivity index (χ0) is 6.69. The average molecular weight is 127 g/mol. The molecule has 0 aliphatic carbocycles. The van der Waals surface area contributed by atoms with Gasteiger partial charge < -0.3 is 5.32 Å². The summed E-state index contributed by atoms with van der Waals surface area (Å²) in [5.74, 6) is 0.124. The molecule has 1 aliphatic rings. The highest BCUT2D eigenvalue weighted by Crippen LogP contribution is 1.93. The van der Waals surface area contributed by atoms with Crippen molar-refractivity contribution in [2.75, 3.05) is 19.6 Å². The monoisotopic (exact) mass is 127 g/mol. The molecule has 3 nitrogen and oxygen atoms in total. The predicted octanol–water partition coefficient (Wildman–Crippen LogP) is -0.400. The average Bonchev–Trinajstić information content (AvgIpc) is 1.88. The summed E-state index contributed by atoms with van der Waals surface area (Å²) in [6.07, 6.45) is 0. The Morgan fingerprint density at radius 3 is 3.00 bits per heavy atom. The molecule has 0 aromatic carbocycles. The van der Waals surface area contributed by atoms with Crippen molar-refractivity contribution >= 4 is 5.91 Å². The topological polar surface area (TPSA) is 32.3 Å². The van der Waals surface area contributed by atoms with Gasteiger partial charge in [-0.3, -0.25) is 9.69 Å². The fraction of sp³-hybridized carbons (Fsp3) is 0.667. The van der Waals surface area contributed by atoms with Gasteiger partial charge in [0.2, 0.25) is 5.91 Å². The summed E-state index contributed by atoms with van der Waals surface area (Å²) >= 11 is 0. The molecule has 0 bridgehead atoms. The first kappa shape index (κ1) is 6.55. The highest BCUT2D eigenvalue weighted by molar-refractivity contribution is 5.78. The molecule has 3 heteroatoms. The van der Waals surface area contributed by atoms with Gasteiger partial charge in [0, 0.05) is 19.6 Å². The minimum Gasteiger partial charge on any atom is -0.354 e. The van der Waals surface area contributed by atoms with Gasteiger partial charge in [0.15, 0.2) is 0 Å². The van der Waals surface area contributed by atoms with Crippen LogP contribution in [0.3, 0.4) is 0 Å². The van der Waals surface area contributed by atoms with Crippen molar-refractivity contribution in [2.45, 2.75) is 6.92 Å². The van der Waals surface area contributed by atoms with Gasteiger partial charge in [-0.15, -0.1) is 0 Å². The Hall–Kier alpha value is -0.570. The first-order valence-corrected chi connectivity index (χ1v) is 3.13. The lowest BCUT2D eigenvalue weighted by Crippen LogP contribution is -2.45. The van der Waals surface area contributed by atoms with Crippen molar-refractivity contribution < 1.29 is 4.79 Å². The highest BCUT2D eigenvalue weighted by atomic mass is 16.2. The van der Waals surface area contributed by atoms with Gasteiger partial charge in [-0.2, -0.15) is 0 Å². The molecule has 0 aromatic heterocycles. The molecule has 0 unspecified atom stereocenters. The zero-order valence-corrected chi connectivity index (χ0v) is 5.55. The molecule has 0 spiro atoms. The molecule has 0 atom stereocenters. The second kappa shape index (κ2) is 2.82. The smallest absolute Gasteiger partial charge is 0.234 e. The lowest BCUT2D eigenvalue weighted by Gasteiger charge is -2.24. The fourth-order valence-corrected chi connectivity index (χ4v) is 0.879. The van der Waals surface area contributed by atoms with E-state index in [0.29, 0.717) is 6.54 Å². The van der Waals surface area contributed by atoms with Crippen LogP contribution in [0.2, 0.25) is 0 Å². The third-order valence-electron chi connectivity index (χ3n) is 1.43. The van der Waals surface area contributed by atoms with Crippen LogP contribution in [0, 0.1) is 6.54 Å². The second-order valence-corrected chi connectivity index (χ2v) is 2.08. The minimum atomic E-state index is 0.124. The van der Waals surface area contributed by atoms with E-state index in [9.17, 15) is 4.79 Å². The highest BCUT2D eigenvalue weighted by Gasteiger charge is 2.13. The van der Waals surface area contributed by atoms with Crippen LogP contribution in [0.25, 0.3) is 0 Å². The van der Waals surface area contributed by atoms with Gasteiger partial charge >= 0.3 is 0 Å². The Kier molecular flexibility index (Phi) is 2.05. The van der Waals surface area contributed by atoms with Crippen LogP contribution in [-0.2, 0) is 4.79 Å². The summed E-state index contributed by atoms with van der Waals surface area (Å²) in [5, 5.41) is 2.75. The molecular formula is C6H11N2O. The summed E-state index contributed by atoms with van der Waals surface area (Å²) in [7, 11) is 0. The Morgan fingerprint density at radius 1 is 1.78 bits per heavy atom. The molecule has 0 aromatic rings. The Labute approximate surface area is 55.0 Å². The first-order chi connectivity index (χ1) is 4.33. The van der Waals surface area contributed by atoms with Crippen molar-refractivity contribution in [3.63, 3.8) is 0 Å². The van der Waals surface area contributed by atoms with E-state index in [4.69, 9.17) is 0 Å². The standard InChI is InChI=1S/C6H11N2O/c1-2-8-4-3-7-6(9)5-8/h2H,3-5H2,1H3,(H,7,9). The van der Waals surface area contributed by atoms with Crippen molar-refractivity contribution in [3.05, 3.63) is 6.54 Å². The molecular weight excluding hydrogens is 116 g/mol. The number of hydrogen-bond acceptors (Lipinski definition) is 2. The van der Waals surface area contributed by atoms with Crippen molar-refractivity contribution in [1.29, 1.82) is 0 Å². The minimum absolute atomic E-state index is 0.124. The summed E-state index contributed by atoms with van der Waals surface area (Å²) in [4.78, 5) is 12.7.